The minimum Gasteiger partial charge on any atom is -0.389 e. The van der Waals surface area contributed by atoms with E-state index in [0.717, 1.165) is 55.5 Å². The molecule has 2 aromatic carbocycles. The first-order valence-corrected chi connectivity index (χ1v) is 14.1. The number of aliphatic hydroxyl groups is 1. The van der Waals surface area contributed by atoms with Crippen LogP contribution in [-0.2, 0) is 4.74 Å². The van der Waals surface area contributed by atoms with E-state index in [0.29, 0.717) is 36.2 Å². The molecule has 37 heavy (non-hydrogen) atoms. The van der Waals surface area contributed by atoms with Gasteiger partial charge in [-0.1, -0.05) is 45.0 Å². The third kappa shape index (κ3) is 5.76. The Balaban J connectivity index is 1.07. The minimum atomic E-state index is -0.487. The lowest BCUT2D eigenvalue weighted by Gasteiger charge is -2.37. The van der Waals surface area contributed by atoms with Crippen molar-refractivity contribution in [1.29, 1.82) is 0 Å². The Kier molecular flexibility index (Phi) is 7.71. The summed E-state index contributed by atoms with van der Waals surface area (Å²) in [5.74, 6) is 0.680. The molecule has 6 heteroatoms. The maximum absolute atomic E-state index is 13.2. The molecule has 1 saturated heterocycles. The Morgan fingerprint density at radius 2 is 1.51 bits per heavy atom. The molecule has 1 N–H and O–H groups in total. The van der Waals surface area contributed by atoms with Crippen molar-refractivity contribution in [2.75, 3.05) is 32.8 Å². The SMILES string of the molecule is CC(C)(C)C1CCC(OC[C@@H](O)CN2CCC(CN3C(=O)c4cccc5cccc(c45)C3=O)CC2)CC1. The van der Waals surface area contributed by atoms with Gasteiger partial charge in [0.25, 0.3) is 11.8 Å². The fourth-order valence-corrected chi connectivity index (χ4v) is 6.55. The van der Waals surface area contributed by atoms with E-state index < -0.39 is 6.10 Å². The van der Waals surface area contributed by atoms with Gasteiger partial charge in [-0.25, -0.2) is 0 Å². The van der Waals surface area contributed by atoms with Crippen LogP contribution in [-0.4, -0.2) is 71.7 Å². The molecule has 0 bridgehead atoms. The number of rotatable bonds is 7. The second-order valence-electron chi connectivity index (χ2n) is 12.5. The second-order valence-corrected chi connectivity index (χ2v) is 12.5. The van der Waals surface area contributed by atoms with Crippen molar-refractivity contribution in [3.8, 4) is 0 Å². The lowest BCUT2D eigenvalue weighted by atomic mass is 9.72. The van der Waals surface area contributed by atoms with Crippen LogP contribution in [0.5, 0.6) is 0 Å². The van der Waals surface area contributed by atoms with Gasteiger partial charge in [-0.15, -0.1) is 0 Å². The maximum atomic E-state index is 13.2. The van der Waals surface area contributed by atoms with Gasteiger partial charge in [0.15, 0.2) is 0 Å². The number of nitrogens with zero attached hydrogens (tertiary/aromatic N) is 2. The number of aliphatic hydroxyl groups excluding tert-OH is 1. The monoisotopic (exact) mass is 506 g/mol. The zero-order chi connectivity index (χ0) is 26.2. The largest absolute Gasteiger partial charge is 0.389 e. The van der Waals surface area contributed by atoms with Crippen molar-refractivity contribution in [2.45, 2.75) is 71.5 Å². The van der Waals surface area contributed by atoms with Crippen LogP contribution in [0.25, 0.3) is 10.8 Å². The smallest absolute Gasteiger partial charge is 0.261 e. The number of piperidine rings is 1. The van der Waals surface area contributed by atoms with Crippen molar-refractivity contribution in [2.24, 2.45) is 17.3 Å². The Hall–Kier alpha value is -2.28. The predicted octanol–water partition coefficient (Wildman–Crippen LogP) is 5.13. The normalized spacial score (nSPS) is 24.6. The standard InChI is InChI=1S/C31H42N2O4/c1-31(2,3)23-10-12-25(13-11-23)37-20-24(34)19-32-16-14-21(15-17-32)18-33-29(35)26-8-4-6-22-7-5-9-27(28(22)26)30(33)36/h4-9,21,23-25,34H,10-20H2,1-3H3/t23?,24-,25?/m0/s1. The van der Waals surface area contributed by atoms with Crippen LogP contribution >= 0.6 is 0 Å². The van der Waals surface area contributed by atoms with Gasteiger partial charge in [-0.2, -0.15) is 0 Å². The number of carbonyl (C=O) groups excluding carboxylic acids is 2. The number of imide groups is 1. The summed E-state index contributed by atoms with van der Waals surface area (Å²) in [4.78, 5) is 30.2. The second kappa shape index (κ2) is 10.8. The molecule has 2 amide bonds. The van der Waals surface area contributed by atoms with Crippen LogP contribution in [0, 0.1) is 17.3 Å². The third-order valence-corrected chi connectivity index (χ3v) is 8.90. The summed E-state index contributed by atoms with van der Waals surface area (Å²) in [7, 11) is 0. The van der Waals surface area contributed by atoms with Gasteiger partial charge in [0, 0.05) is 29.6 Å². The molecule has 1 atom stereocenters. The molecule has 200 valence electrons. The summed E-state index contributed by atoms with van der Waals surface area (Å²) in [5.41, 5.74) is 1.62. The highest BCUT2D eigenvalue weighted by Crippen LogP contribution is 2.38. The highest BCUT2D eigenvalue weighted by Gasteiger charge is 2.35. The average Bonchev–Trinajstić information content (AvgIpc) is 2.89. The van der Waals surface area contributed by atoms with Crippen LogP contribution in [0.3, 0.4) is 0 Å². The molecule has 5 rings (SSSR count). The van der Waals surface area contributed by atoms with E-state index >= 15 is 0 Å². The van der Waals surface area contributed by atoms with Crippen LogP contribution < -0.4 is 0 Å². The number of β-amino-alcohol motifs (C(OH)–C–C–N with tert-alkyl or cyclic N) is 1. The molecule has 1 saturated carbocycles. The Bertz CT molecular complexity index is 1070. The lowest BCUT2D eigenvalue weighted by Crippen LogP contribution is -2.46. The van der Waals surface area contributed by atoms with Gasteiger partial charge in [0.1, 0.15) is 0 Å². The molecule has 2 heterocycles. The molecular weight excluding hydrogens is 464 g/mol. The summed E-state index contributed by atoms with van der Waals surface area (Å²) >= 11 is 0. The van der Waals surface area contributed by atoms with Crippen molar-refractivity contribution >= 4 is 22.6 Å². The number of hydrogen-bond donors (Lipinski definition) is 1. The number of benzene rings is 2. The Morgan fingerprint density at radius 1 is 0.919 bits per heavy atom. The zero-order valence-electron chi connectivity index (χ0n) is 22.6. The van der Waals surface area contributed by atoms with Gasteiger partial charge < -0.3 is 14.7 Å². The maximum Gasteiger partial charge on any atom is 0.261 e. The number of hydrogen-bond acceptors (Lipinski definition) is 5. The third-order valence-electron chi connectivity index (χ3n) is 8.90. The average molecular weight is 507 g/mol. The molecule has 0 unspecified atom stereocenters. The van der Waals surface area contributed by atoms with E-state index in [1.165, 1.54) is 17.7 Å². The fraction of sp³-hybridized carbons (Fsp3) is 0.613. The number of carbonyl (C=O) groups is 2. The van der Waals surface area contributed by atoms with E-state index in [-0.39, 0.29) is 23.8 Å². The molecule has 2 aliphatic heterocycles. The summed E-state index contributed by atoms with van der Waals surface area (Å²) < 4.78 is 6.09. The zero-order valence-corrected chi connectivity index (χ0v) is 22.6. The van der Waals surface area contributed by atoms with Gasteiger partial charge in [-0.05, 0) is 86.4 Å². The molecule has 2 fully saturated rings. The van der Waals surface area contributed by atoms with Gasteiger partial charge in [0.2, 0.25) is 0 Å². The molecule has 1 aliphatic carbocycles. The summed E-state index contributed by atoms with van der Waals surface area (Å²) in [5, 5.41) is 12.3. The molecule has 0 spiro atoms. The molecule has 0 aromatic heterocycles. The highest BCUT2D eigenvalue weighted by molar-refractivity contribution is 6.25. The first-order chi connectivity index (χ1) is 17.7. The molecule has 0 radical (unpaired) electrons. The first-order valence-electron chi connectivity index (χ1n) is 14.1. The van der Waals surface area contributed by atoms with Crippen LogP contribution in [0.15, 0.2) is 36.4 Å². The van der Waals surface area contributed by atoms with Crippen molar-refractivity contribution in [3.63, 3.8) is 0 Å². The molecule has 3 aliphatic rings. The highest BCUT2D eigenvalue weighted by atomic mass is 16.5. The quantitative estimate of drug-likeness (QED) is 0.527. The van der Waals surface area contributed by atoms with Gasteiger partial charge >= 0.3 is 0 Å². The summed E-state index contributed by atoms with van der Waals surface area (Å²) in [6.07, 6.45) is 6.20. The topological polar surface area (TPSA) is 70.1 Å². The number of amides is 2. The summed E-state index contributed by atoms with van der Waals surface area (Å²) in [6.45, 7) is 10.2. The number of ether oxygens (including phenoxy) is 1. The number of likely N-dealkylation sites (tertiary alicyclic amines) is 1. The van der Waals surface area contributed by atoms with E-state index in [1.807, 2.05) is 36.4 Å². The van der Waals surface area contributed by atoms with Crippen LogP contribution in [0.2, 0.25) is 0 Å². The van der Waals surface area contributed by atoms with E-state index in [4.69, 9.17) is 4.74 Å². The van der Waals surface area contributed by atoms with E-state index in [9.17, 15) is 14.7 Å². The van der Waals surface area contributed by atoms with Crippen molar-refractivity contribution in [3.05, 3.63) is 47.5 Å². The van der Waals surface area contributed by atoms with Crippen molar-refractivity contribution < 1.29 is 19.4 Å². The first kappa shape index (κ1) is 26.3. The van der Waals surface area contributed by atoms with Crippen LogP contribution in [0.1, 0.15) is 80.0 Å². The molecule has 2 aromatic rings. The van der Waals surface area contributed by atoms with E-state index in [2.05, 4.69) is 25.7 Å². The fourth-order valence-electron chi connectivity index (χ4n) is 6.55. The summed E-state index contributed by atoms with van der Waals surface area (Å²) in [6, 6.07) is 11.3. The molecule has 6 nitrogen and oxygen atoms in total. The predicted molar refractivity (Wildman–Crippen MR) is 146 cm³/mol. The van der Waals surface area contributed by atoms with Crippen molar-refractivity contribution in [1.82, 2.24) is 9.80 Å². The lowest BCUT2D eigenvalue weighted by molar-refractivity contribution is -0.0464. The van der Waals surface area contributed by atoms with E-state index in [1.54, 1.807) is 0 Å². The van der Waals surface area contributed by atoms with Gasteiger partial charge in [-0.3, -0.25) is 14.5 Å². The van der Waals surface area contributed by atoms with Gasteiger partial charge in [0.05, 0.1) is 18.8 Å². The minimum absolute atomic E-state index is 0.180. The Morgan fingerprint density at radius 3 is 2.08 bits per heavy atom. The van der Waals surface area contributed by atoms with Crippen LogP contribution in [0.4, 0.5) is 0 Å². The molecular formula is C31H42N2O4. The Labute approximate surface area is 221 Å².